The van der Waals surface area contributed by atoms with Crippen molar-refractivity contribution in [3.63, 3.8) is 0 Å². The van der Waals surface area contributed by atoms with Gasteiger partial charge in [-0.3, -0.25) is 0 Å². The number of aliphatic hydroxyl groups is 1. The Kier molecular flexibility index (Phi) is 7.63. The first-order valence-corrected chi connectivity index (χ1v) is 8.67. The Morgan fingerprint density at radius 2 is 1.85 bits per heavy atom. The van der Waals surface area contributed by atoms with Crippen molar-refractivity contribution in [1.82, 2.24) is 5.32 Å². The van der Waals surface area contributed by atoms with Crippen LogP contribution in [0.3, 0.4) is 0 Å². The Morgan fingerprint density at radius 1 is 1.20 bits per heavy atom. The van der Waals surface area contributed by atoms with Crippen LogP contribution in [0.5, 0.6) is 0 Å². The van der Waals surface area contributed by atoms with Gasteiger partial charge in [-0.15, -0.1) is 0 Å². The van der Waals surface area contributed by atoms with E-state index in [-0.39, 0.29) is 5.41 Å². The second-order valence-corrected chi connectivity index (χ2v) is 7.28. The lowest BCUT2D eigenvalue weighted by atomic mass is 9.86. The molecule has 0 heterocycles. The number of benzene rings is 1. The van der Waals surface area contributed by atoms with E-state index in [1.807, 2.05) is 11.8 Å². The van der Waals surface area contributed by atoms with Crippen LogP contribution >= 0.6 is 11.8 Å². The lowest BCUT2D eigenvalue weighted by molar-refractivity contribution is 0.296. The monoisotopic (exact) mass is 295 g/mol. The molecule has 1 atom stereocenters. The van der Waals surface area contributed by atoms with Crippen LogP contribution in [-0.2, 0) is 5.41 Å². The average molecular weight is 295 g/mol. The fourth-order valence-corrected chi connectivity index (χ4v) is 3.15. The molecule has 114 valence electrons. The van der Waals surface area contributed by atoms with Crippen LogP contribution < -0.4 is 5.32 Å². The summed E-state index contributed by atoms with van der Waals surface area (Å²) in [4.78, 5) is 0. The fourth-order valence-electron chi connectivity index (χ4n) is 2.10. The van der Waals surface area contributed by atoms with Gasteiger partial charge in [-0.05, 0) is 35.3 Å². The maximum atomic E-state index is 8.83. The van der Waals surface area contributed by atoms with Gasteiger partial charge in [0.1, 0.15) is 0 Å². The average Bonchev–Trinajstić information content (AvgIpc) is 2.41. The molecule has 0 fully saturated rings. The van der Waals surface area contributed by atoms with Crippen molar-refractivity contribution in [3.8, 4) is 0 Å². The molecule has 3 heteroatoms. The SMILES string of the molecule is CCNC(CSCCCO)c1ccc(C(C)(C)C)cc1. The molecule has 0 aliphatic rings. The number of thioether (sulfide) groups is 1. The molecular weight excluding hydrogens is 266 g/mol. The molecule has 0 spiro atoms. The summed E-state index contributed by atoms with van der Waals surface area (Å²) in [6.45, 7) is 10.2. The van der Waals surface area contributed by atoms with Gasteiger partial charge in [-0.2, -0.15) is 11.8 Å². The summed E-state index contributed by atoms with van der Waals surface area (Å²) in [5, 5.41) is 12.4. The molecule has 2 N–H and O–H groups in total. The van der Waals surface area contributed by atoms with E-state index in [2.05, 4.69) is 57.3 Å². The largest absolute Gasteiger partial charge is 0.396 e. The van der Waals surface area contributed by atoms with Gasteiger partial charge in [0.2, 0.25) is 0 Å². The van der Waals surface area contributed by atoms with Crippen molar-refractivity contribution < 1.29 is 5.11 Å². The fraction of sp³-hybridized carbons (Fsp3) is 0.647. The van der Waals surface area contributed by atoms with E-state index >= 15 is 0 Å². The lowest BCUT2D eigenvalue weighted by Crippen LogP contribution is -2.23. The minimum Gasteiger partial charge on any atom is -0.396 e. The second kappa shape index (κ2) is 8.71. The maximum absolute atomic E-state index is 8.83. The van der Waals surface area contributed by atoms with Crippen molar-refractivity contribution >= 4 is 11.8 Å². The summed E-state index contributed by atoms with van der Waals surface area (Å²) >= 11 is 1.91. The highest BCUT2D eigenvalue weighted by atomic mass is 32.2. The second-order valence-electron chi connectivity index (χ2n) is 6.13. The summed E-state index contributed by atoms with van der Waals surface area (Å²) in [7, 11) is 0. The predicted octanol–water partition coefficient (Wildman–Crippen LogP) is 3.75. The van der Waals surface area contributed by atoms with Crippen LogP contribution in [0, 0.1) is 0 Å². The minimum absolute atomic E-state index is 0.210. The third-order valence-corrected chi connectivity index (χ3v) is 4.51. The zero-order chi connectivity index (χ0) is 15.0. The summed E-state index contributed by atoms with van der Waals surface area (Å²) in [6.07, 6.45) is 0.881. The van der Waals surface area contributed by atoms with Gasteiger partial charge < -0.3 is 10.4 Å². The van der Waals surface area contributed by atoms with Gasteiger partial charge >= 0.3 is 0 Å². The van der Waals surface area contributed by atoms with Gasteiger partial charge in [0.15, 0.2) is 0 Å². The van der Waals surface area contributed by atoms with Gasteiger partial charge in [-0.25, -0.2) is 0 Å². The Labute approximate surface area is 128 Å². The highest BCUT2D eigenvalue weighted by Crippen LogP contribution is 2.25. The molecule has 0 radical (unpaired) electrons. The molecule has 0 amide bonds. The molecule has 1 aromatic rings. The summed E-state index contributed by atoms with van der Waals surface area (Å²) in [5.41, 5.74) is 2.95. The van der Waals surface area contributed by atoms with E-state index in [9.17, 15) is 0 Å². The van der Waals surface area contributed by atoms with Crippen LogP contribution in [0.15, 0.2) is 24.3 Å². The van der Waals surface area contributed by atoms with Crippen molar-refractivity contribution in [2.75, 3.05) is 24.7 Å². The van der Waals surface area contributed by atoms with Crippen LogP contribution in [0.2, 0.25) is 0 Å². The summed E-state index contributed by atoms with van der Waals surface area (Å²) in [6, 6.07) is 9.40. The van der Waals surface area contributed by atoms with Crippen molar-refractivity contribution in [2.45, 2.75) is 45.6 Å². The Morgan fingerprint density at radius 3 is 2.35 bits per heavy atom. The molecule has 2 nitrogen and oxygen atoms in total. The number of hydrogen-bond donors (Lipinski definition) is 2. The van der Waals surface area contributed by atoms with Gasteiger partial charge in [0.05, 0.1) is 0 Å². The molecule has 1 unspecified atom stereocenters. The summed E-state index contributed by atoms with van der Waals surface area (Å²) < 4.78 is 0. The normalized spacial score (nSPS) is 13.4. The van der Waals surface area contributed by atoms with E-state index in [1.165, 1.54) is 11.1 Å². The molecular formula is C17H29NOS. The molecule has 0 saturated heterocycles. The zero-order valence-corrected chi connectivity index (χ0v) is 14.1. The molecule has 1 rings (SSSR count). The van der Waals surface area contributed by atoms with Gasteiger partial charge in [-0.1, -0.05) is 52.0 Å². The Hall–Kier alpha value is -0.510. The van der Waals surface area contributed by atoms with Crippen LogP contribution in [0.25, 0.3) is 0 Å². The van der Waals surface area contributed by atoms with Crippen LogP contribution in [0.1, 0.15) is 51.3 Å². The molecule has 0 aliphatic carbocycles. The smallest absolute Gasteiger partial charge is 0.0438 e. The van der Waals surface area contributed by atoms with E-state index < -0.39 is 0 Å². The van der Waals surface area contributed by atoms with Gasteiger partial charge in [0, 0.05) is 18.4 Å². The molecule has 1 aromatic carbocycles. The van der Waals surface area contributed by atoms with Crippen LogP contribution in [-0.4, -0.2) is 29.8 Å². The predicted molar refractivity (Wildman–Crippen MR) is 90.6 cm³/mol. The lowest BCUT2D eigenvalue weighted by Gasteiger charge is -2.22. The van der Waals surface area contributed by atoms with E-state index in [1.54, 1.807) is 0 Å². The standard InChI is InChI=1S/C17H29NOS/c1-5-18-16(13-20-12-6-11-19)14-7-9-15(10-8-14)17(2,3)4/h7-10,16,18-19H,5-6,11-13H2,1-4H3. The van der Waals surface area contributed by atoms with Crippen molar-refractivity contribution in [2.24, 2.45) is 0 Å². The first kappa shape index (κ1) is 17.5. The highest BCUT2D eigenvalue weighted by molar-refractivity contribution is 7.99. The number of rotatable bonds is 8. The quantitative estimate of drug-likeness (QED) is 0.716. The topological polar surface area (TPSA) is 32.3 Å². The third kappa shape index (κ3) is 5.86. The van der Waals surface area contributed by atoms with Crippen LogP contribution in [0.4, 0.5) is 0 Å². The molecule has 20 heavy (non-hydrogen) atoms. The Bertz CT molecular complexity index is 370. The minimum atomic E-state index is 0.210. The molecule has 0 saturated carbocycles. The number of nitrogens with one attached hydrogen (secondary N) is 1. The molecule has 0 aromatic heterocycles. The van der Waals surface area contributed by atoms with Crippen molar-refractivity contribution in [1.29, 1.82) is 0 Å². The molecule has 0 bridgehead atoms. The van der Waals surface area contributed by atoms with E-state index in [4.69, 9.17) is 5.11 Å². The Balaban J connectivity index is 2.66. The summed E-state index contributed by atoms with van der Waals surface area (Å²) in [5.74, 6) is 2.08. The zero-order valence-electron chi connectivity index (χ0n) is 13.3. The van der Waals surface area contributed by atoms with E-state index in [0.717, 1.165) is 24.5 Å². The maximum Gasteiger partial charge on any atom is 0.0438 e. The van der Waals surface area contributed by atoms with E-state index in [0.29, 0.717) is 12.6 Å². The third-order valence-electron chi connectivity index (χ3n) is 3.36. The van der Waals surface area contributed by atoms with Gasteiger partial charge in [0.25, 0.3) is 0 Å². The highest BCUT2D eigenvalue weighted by Gasteiger charge is 2.15. The van der Waals surface area contributed by atoms with Crippen molar-refractivity contribution in [3.05, 3.63) is 35.4 Å². The first-order chi connectivity index (χ1) is 9.49. The molecule has 0 aliphatic heterocycles. The number of aliphatic hydroxyl groups excluding tert-OH is 1. The first-order valence-electron chi connectivity index (χ1n) is 7.51. The number of hydrogen-bond acceptors (Lipinski definition) is 3.